The highest BCUT2D eigenvalue weighted by Gasteiger charge is 2.23. The molecule has 1 aliphatic rings. The van der Waals surface area contributed by atoms with Crippen molar-refractivity contribution in [1.29, 1.82) is 0 Å². The standard InChI is InChI=1S/C21H11NOS/c1-3-7-17-12(5-1)15-11-16-13-6-2-4-8-18(13)24-20(16)14-9-10-22-21(23-17)19(14)15/h1-11H. The minimum atomic E-state index is 0.709. The number of hydrogen-bond acceptors (Lipinski definition) is 3. The summed E-state index contributed by atoms with van der Waals surface area (Å²) in [4.78, 5) is 4.48. The Morgan fingerprint density at radius 1 is 0.792 bits per heavy atom. The molecule has 24 heavy (non-hydrogen) atoms. The van der Waals surface area contributed by atoms with Crippen molar-refractivity contribution in [3.05, 3.63) is 66.9 Å². The van der Waals surface area contributed by atoms with Crippen molar-refractivity contribution in [2.24, 2.45) is 0 Å². The molecular weight excluding hydrogens is 314 g/mol. The van der Waals surface area contributed by atoms with Crippen LogP contribution in [0.5, 0.6) is 11.6 Å². The highest BCUT2D eigenvalue weighted by molar-refractivity contribution is 7.26. The predicted molar refractivity (Wildman–Crippen MR) is 100 cm³/mol. The van der Waals surface area contributed by atoms with E-state index in [4.69, 9.17) is 4.74 Å². The van der Waals surface area contributed by atoms with Crippen LogP contribution in [0.1, 0.15) is 0 Å². The fourth-order valence-corrected chi connectivity index (χ4v) is 4.90. The van der Waals surface area contributed by atoms with E-state index in [0.29, 0.717) is 5.88 Å². The second-order valence-electron chi connectivity index (χ2n) is 6.04. The molecule has 3 heterocycles. The summed E-state index contributed by atoms with van der Waals surface area (Å²) in [5, 5.41) is 4.98. The third-order valence-corrected chi connectivity index (χ3v) is 5.96. The van der Waals surface area contributed by atoms with Gasteiger partial charge in [0.15, 0.2) is 0 Å². The second-order valence-corrected chi connectivity index (χ2v) is 7.09. The van der Waals surface area contributed by atoms with Crippen LogP contribution in [0.4, 0.5) is 0 Å². The van der Waals surface area contributed by atoms with Gasteiger partial charge in [0.1, 0.15) is 5.75 Å². The minimum Gasteiger partial charge on any atom is -0.438 e. The first-order chi connectivity index (χ1) is 11.9. The van der Waals surface area contributed by atoms with E-state index in [9.17, 15) is 0 Å². The Bertz CT molecular complexity index is 1290. The molecule has 0 amide bonds. The molecule has 0 saturated carbocycles. The van der Waals surface area contributed by atoms with Gasteiger partial charge in [0.2, 0.25) is 5.88 Å². The number of benzene rings is 3. The molecule has 6 rings (SSSR count). The van der Waals surface area contributed by atoms with Gasteiger partial charge in [0, 0.05) is 37.3 Å². The van der Waals surface area contributed by atoms with Crippen molar-refractivity contribution in [3.8, 4) is 22.8 Å². The van der Waals surface area contributed by atoms with Crippen LogP contribution in [0.25, 0.3) is 42.1 Å². The van der Waals surface area contributed by atoms with E-state index in [1.54, 1.807) is 0 Å². The first kappa shape index (κ1) is 12.5. The molecule has 1 aliphatic heterocycles. The number of para-hydroxylation sites is 1. The fraction of sp³-hybridized carbons (Fsp3) is 0. The van der Waals surface area contributed by atoms with Crippen molar-refractivity contribution < 1.29 is 4.74 Å². The van der Waals surface area contributed by atoms with Crippen LogP contribution in [0.2, 0.25) is 0 Å². The van der Waals surface area contributed by atoms with Gasteiger partial charge in [-0.1, -0.05) is 36.4 Å². The zero-order chi connectivity index (χ0) is 15.7. The maximum Gasteiger partial charge on any atom is 0.227 e. The average Bonchev–Trinajstić information content (AvgIpc) is 3.01. The molecular formula is C21H11NOS. The third-order valence-electron chi connectivity index (χ3n) is 4.74. The molecule has 2 aromatic heterocycles. The molecule has 0 aliphatic carbocycles. The van der Waals surface area contributed by atoms with Crippen molar-refractivity contribution >= 4 is 42.3 Å². The molecule has 0 bridgehead atoms. The monoisotopic (exact) mass is 325 g/mol. The summed E-state index contributed by atoms with van der Waals surface area (Å²) in [5.41, 5.74) is 2.35. The number of aromatic nitrogens is 1. The molecule has 5 aromatic rings. The Morgan fingerprint density at radius 3 is 2.67 bits per heavy atom. The van der Waals surface area contributed by atoms with E-state index < -0.39 is 0 Å². The van der Waals surface area contributed by atoms with E-state index >= 15 is 0 Å². The molecule has 0 saturated heterocycles. The molecule has 0 unspecified atom stereocenters. The quantitative estimate of drug-likeness (QED) is 0.323. The van der Waals surface area contributed by atoms with E-state index in [0.717, 1.165) is 16.7 Å². The zero-order valence-electron chi connectivity index (χ0n) is 12.6. The summed E-state index contributed by atoms with van der Waals surface area (Å²) >= 11 is 1.84. The summed E-state index contributed by atoms with van der Waals surface area (Å²) in [7, 11) is 0. The van der Waals surface area contributed by atoms with Crippen molar-refractivity contribution in [3.63, 3.8) is 0 Å². The number of thiophene rings is 1. The zero-order valence-corrected chi connectivity index (χ0v) is 13.4. The highest BCUT2D eigenvalue weighted by atomic mass is 32.1. The van der Waals surface area contributed by atoms with Gasteiger partial charge in [-0.2, -0.15) is 0 Å². The maximum absolute atomic E-state index is 6.07. The summed E-state index contributed by atoms with van der Waals surface area (Å²) < 4.78 is 8.69. The Balaban J connectivity index is 1.91. The SMILES string of the molecule is c1ccc2c(c1)Oc1nccc3c1c-2cc1c2ccccc2sc31. The molecule has 0 radical (unpaired) electrons. The molecule has 0 N–H and O–H groups in total. The van der Waals surface area contributed by atoms with Gasteiger partial charge >= 0.3 is 0 Å². The van der Waals surface area contributed by atoms with Crippen LogP contribution in [0, 0.1) is 0 Å². The number of pyridine rings is 1. The molecule has 2 nitrogen and oxygen atoms in total. The van der Waals surface area contributed by atoms with Gasteiger partial charge in [-0.25, -0.2) is 4.98 Å². The molecule has 0 fully saturated rings. The first-order valence-electron chi connectivity index (χ1n) is 7.90. The van der Waals surface area contributed by atoms with Crippen LogP contribution in [-0.4, -0.2) is 4.98 Å². The number of nitrogens with zero attached hydrogens (tertiary/aromatic N) is 1. The van der Waals surface area contributed by atoms with Crippen LogP contribution >= 0.6 is 11.3 Å². The highest BCUT2D eigenvalue weighted by Crippen LogP contribution is 2.49. The summed E-state index contributed by atoms with van der Waals surface area (Å²) in [5.74, 6) is 1.59. The third kappa shape index (κ3) is 1.47. The summed E-state index contributed by atoms with van der Waals surface area (Å²) in [6.45, 7) is 0. The molecule has 0 atom stereocenters. The predicted octanol–water partition coefficient (Wildman–Crippen LogP) is 6.38. The lowest BCUT2D eigenvalue weighted by atomic mass is 9.94. The van der Waals surface area contributed by atoms with E-state index in [2.05, 4.69) is 53.5 Å². The Hall–Kier alpha value is -2.91. The first-order valence-corrected chi connectivity index (χ1v) is 8.72. The van der Waals surface area contributed by atoms with Crippen LogP contribution < -0.4 is 4.74 Å². The summed E-state index contributed by atoms with van der Waals surface area (Å²) in [6.07, 6.45) is 1.85. The number of ether oxygens (including phenoxy) is 1. The molecule has 0 spiro atoms. The molecule has 3 aromatic carbocycles. The number of hydrogen-bond donors (Lipinski definition) is 0. The normalized spacial score (nSPS) is 12.5. The van der Waals surface area contributed by atoms with Crippen LogP contribution in [0.3, 0.4) is 0 Å². The Labute approximate surface area is 142 Å². The number of fused-ring (bicyclic) bond motifs is 6. The van der Waals surface area contributed by atoms with E-state index in [-0.39, 0.29) is 0 Å². The van der Waals surface area contributed by atoms with Gasteiger partial charge in [-0.05, 0) is 29.8 Å². The number of rotatable bonds is 0. The van der Waals surface area contributed by atoms with Gasteiger partial charge in [-0.3, -0.25) is 0 Å². The lowest BCUT2D eigenvalue weighted by Gasteiger charge is -2.20. The largest absolute Gasteiger partial charge is 0.438 e. The van der Waals surface area contributed by atoms with Crippen molar-refractivity contribution in [2.75, 3.05) is 0 Å². The van der Waals surface area contributed by atoms with Crippen LogP contribution in [-0.2, 0) is 0 Å². The Kier molecular flexibility index (Phi) is 2.26. The summed E-state index contributed by atoms with van der Waals surface area (Å²) in [6, 6.07) is 21.2. The maximum atomic E-state index is 6.07. The van der Waals surface area contributed by atoms with E-state index in [1.807, 2.05) is 29.7 Å². The minimum absolute atomic E-state index is 0.709. The van der Waals surface area contributed by atoms with E-state index in [1.165, 1.54) is 31.1 Å². The van der Waals surface area contributed by atoms with Gasteiger partial charge < -0.3 is 4.74 Å². The van der Waals surface area contributed by atoms with Gasteiger partial charge in [0.25, 0.3) is 0 Å². The second kappa shape index (κ2) is 4.34. The molecule has 112 valence electrons. The van der Waals surface area contributed by atoms with Crippen molar-refractivity contribution in [1.82, 2.24) is 4.98 Å². The van der Waals surface area contributed by atoms with Gasteiger partial charge in [-0.15, -0.1) is 11.3 Å². The van der Waals surface area contributed by atoms with Crippen molar-refractivity contribution in [2.45, 2.75) is 0 Å². The lowest BCUT2D eigenvalue weighted by molar-refractivity contribution is 0.468. The Morgan fingerprint density at radius 2 is 1.67 bits per heavy atom. The van der Waals surface area contributed by atoms with Crippen LogP contribution in [0.15, 0.2) is 66.9 Å². The lowest BCUT2D eigenvalue weighted by Crippen LogP contribution is -1.98. The molecule has 3 heteroatoms. The van der Waals surface area contributed by atoms with Gasteiger partial charge in [0.05, 0.1) is 5.39 Å². The topological polar surface area (TPSA) is 22.1 Å². The average molecular weight is 325 g/mol. The smallest absolute Gasteiger partial charge is 0.227 e. The fourth-order valence-electron chi connectivity index (χ4n) is 3.69.